The van der Waals surface area contributed by atoms with E-state index in [1.807, 2.05) is 36.4 Å². The number of carbonyl (C=O) groups is 1. The molecule has 2 aromatic carbocycles. The van der Waals surface area contributed by atoms with Gasteiger partial charge in [-0.2, -0.15) is 0 Å². The number of aldehydes is 1. The van der Waals surface area contributed by atoms with Crippen LogP contribution in [0.25, 0.3) is 0 Å². The molecule has 1 unspecified atom stereocenters. The van der Waals surface area contributed by atoms with Crippen LogP contribution in [0.15, 0.2) is 60.7 Å². The molecular formula is C18H22N2O. The van der Waals surface area contributed by atoms with Crippen molar-refractivity contribution in [2.75, 3.05) is 6.54 Å². The van der Waals surface area contributed by atoms with Gasteiger partial charge in [0.15, 0.2) is 0 Å². The Kier molecular flexibility index (Phi) is 6.13. The zero-order valence-corrected chi connectivity index (χ0v) is 12.2. The van der Waals surface area contributed by atoms with E-state index < -0.39 is 0 Å². The van der Waals surface area contributed by atoms with E-state index in [1.54, 1.807) is 0 Å². The number of hydrogen-bond donors (Lipinski definition) is 1. The largest absolute Gasteiger partial charge is 0.329 e. The highest BCUT2D eigenvalue weighted by Gasteiger charge is 2.17. The number of nitrogens with two attached hydrogens (primary N) is 1. The molecule has 0 spiro atoms. The molecule has 0 aromatic heterocycles. The van der Waals surface area contributed by atoms with E-state index in [1.165, 1.54) is 11.1 Å². The van der Waals surface area contributed by atoms with Crippen molar-refractivity contribution in [2.24, 2.45) is 5.73 Å². The maximum absolute atomic E-state index is 10.9. The van der Waals surface area contributed by atoms with Gasteiger partial charge in [-0.1, -0.05) is 60.7 Å². The number of carbonyl (C=O) groups excluding carboxylic acids is 1. The molecule has 0 bridgehead atoms. The average molecular weight is 282 g/mol. The summed E-state index contributed by atoms with van der Waals surface area (Å²) >= 11 is 0. The quantitative estimate of drug-likeness (QED) is 0.757. The average Bonchev–Trinajstić information content (AvgIpc) is 2.54. The number of benzene rings is 2. The first kappa shape index (κ1) is 15.4. The zero-order valence-electron chi connectivity index (χ0n) is 12.2. The Labute approximate surface area is 126 Å². The van der Waals surface area contributed by atoms with Crippen molar-refractivity contribution in [2.45, 2.75) is 25.6 Å². The van der Waals surface area contributed by atoms with Crippen LogP contribution in [0.3, 0.4) is 0 Å². The molecule has 3 nitrogen and oxygen atoms in total. The smallest absolute Gasteiger partial charge is 0.121 e. The van der Waals surface area contributed by atoms with Crippen molar-refractivity contribution < 1.29 is 4.79 Å². The molecule has 21 heavy (non-hydrogen) atoms. The third-order valence-corrected chi connectivity index (χ3v) is 3.61. The predicted octanol–water partition coefficient (Wildman–Crippen LogP) is 2.61. The van der Waals surface area contributed by atoms with E-state index in [-0.39, 0.29) is 6.04 Å². The Hall–Kier alpha value is -1.97. The molecule has 3 heteroatoms. The van der Waals surface area contributed by atoms with Crippen molar-refractivity contribution >= 4 is 6.29 Å². The van der Waals surface area contributed by atoms with Gasteiger partial charge in [0.2, 0.25) is 0 Å². The first-order chi connectivity index (χ1) is 10.3. The summed E-state index contributed by atoms with van der Waals surface area (Å²) in [4.78, 5) is 13.2. The Morgan fingerprint density at radius 3 is 1.76 bits per heavy atom. The lowest BCUT2D eigenvalue weighted by Gasteiger charge is -2.30. The van der Waals surface area contributed by atoms with Crippen LogP contribution in [0.5, 0.6) is 0 Å². The van der Waals surface area contributed by atoms with Crippen LogP contribution in [0.2, 0.25) is 0 Å². The Balaban J connectivity index is 2.15. The molecule has 0 saturated heterocycles. The third-order valence-electron chi connectivity index (χ3n) is 3.61. The van der Waals surface area contributed by atoms with Gasteiger partial charge in [0, 0.05) is 32.1 Å². The molecule has 0 aliphatic carbocycles. The Bertz CT molecular complexity index is 486. The SMILES string of the molecule is NCC(CC=O)N(Cc1ccccc1)Cc1ccccc1. The topological polar surface area (TPSA) is 46.3 Å². The maximum Gasteiger partial charge on any atom is 0.121 e. The highest BCUT2D eigenvalue weighted by Crippen LogP contribution is 2.14. The molecule has 0 aliphatic heterocycles. The van der Waals surface area contributed by atoms with Crippen LogP contribution >= 0.6 is 0 Å². The number of rotatable bonds is 8. The zero-order chi connectivity index (χ0) is 14.9. The van der Waals surface area contributed by atoms with Gasteiger partial charge in [0.05, 0.1) is 0 Å². The first-order valence-electron chi connectivity index (χ1n) is 7.29. The minimum atomic E-state index is 0.0721. The van der Waals surface area contributed by atoms with Crippen LogP contribution in [-0.2, 0) is 17.9 Å². The monoisotopic (exact) mass is 282 g/mol. The van der Waals surface area contributed by atoms with Gasteiger partial charge in [-0.3, -0.25) is 4.90 Å². The van der Waals surface area contributed by atoms with E-state index in [2.05, 4.69) is 29.2 Å². The molecule has 0 heterocycles. The Morgan fingerprint density at radius 1 is 0.905 bits per heavy atom. The molecule has 0 radical (unpaired) electrons. The predicted molar refractivity (Wildman–Crippen MR) is 85.7 cm³/mol. The van der Waals surface area contributed by atoms with Crippen molar-refractivity contribution in [3.05, 3.63) is 71.8 Å². The minimum Gasteiger partial charge on any atom is -0.329 e. The summed E-state index contributed by atoms with van der Waals surface area (Å²) in [7, 11) is 0. The lowest BCUT2D eigenvalue weighted by molar-refractivity contribution is -0.109. The first-order valence-corrected chi connectivity index (χ1v) is 7.29. The van der Waals surface area contributed by atoms with E-state index in [9.17, 15) is 4.79 Å². The summed E-state index contributed by atoms with van der Waals surface area (Å²) in [5, 5.41) is 0. The molecule has 0 fully saturated rings. The molecule has 2 aromatic rings. The minimum absolute atomic E-state index is 0.0721. The fourth-order valence-electron chi connectivity index (χ4n) is 2.46. The molecule has 2 N–H and O–H groups in total. The van der Waals surface area contributed by atoms with E-state index in [4.69, 9.17) is 5.73 Å². The van der Waals surface area contributed by atoms with Gasteiger partial charge < -0.3 is 10.5 Å². The molecule has 1 atom stereocenters. The Morgan fingerprint density at radius 2 is 1.38 bits per heavy atom. The van der Waals surface area contributed by atoms with Crippen molar-refractivity contribution in [3.8, 4) is 0 Å². The van der Waals surface area contributed by atoms with E-state index >= 15 is 0 Å². The van der Waals surface area contributed by atoms with Gasteiger partial charge >= 0.3 is 0 Å². The van der Waals surface area contributed by atoms with Gasteiger partial charge in [-0.05, 0) is 11.1 Å². The molecule has 110 valence electrons. The van der Waals surface area contributed by atoms with E-state index in [0.29, 0.717) is 13.0 Å². The van der Waals surface area contributed by atoms with Crippen LogP contribution in [0, 0.1) is 0 Å². The van der Waals surface area contributed by atoms with Crippen LogP contribution < -0.4 is 5.73 Å². The van der Waals surface area contributed by atoms with E-state index in [0.717, 1.165) is 19.4 Å². The van der Waals surface area contributed by atoms with Gasteiger partial charge in [0.25, 0.3) is 0 Å². The second-order valence-electron chi connectivity index (χ2n) is 5.17. The second kappa shape index (κ2) is 8.35. The van der Waals surface area contributed by atoms with Gasteiger partial charge in [-0.15, -0.1) is 0 Å². The van der Waals surface area contributed by atoms with Crippen molar-refractivity contribution in [1.29, 1.82) is 0 Å². The summed E-state index contributed by atoms with van der Waals surface area (Å²) < 4.78 is 0. The molecule has 0 saturated carbocycles. The summed E-state index contributed by atoms with van der Waals surface area (Å²) in [5.74, 6) is 0. The molecule has 0 amide bonds. The molecular weight excluding hydrogens is 260 g/mol. The number of nitrogens with zero attached hydrogens (tertiary/aromatic N) is 1. The highest BCUT2D eigenvalue weighted by atomic mass is 16.1. The summed E-state index contributed by atoms with van der Waals surface area (Å²) in [6.45, 7) is 2.08. The third kappa shape index (κ3) is 4.81. The normalized spacial score (nSPS) is 12.3. The summed E-state index contributed by atoms with van der Waals surface area (Å²) in [6, 6.07) is 20.6. The second-order valence-corrected chi connectivity index (χ2v) is 5.17. The molecule has 0 aliphatic rings. The fourth-order valence-corrected chi connectivity index (χ4v) is 2.46. The fraction of sp³-hybridized carbons (Fsp3) is 0.278. The lowest BCUT2D eigenvalue weighted by atomic mass is 10.1. The van der Waals surface area contributed by atoms with Crippen LogP contribution in [0.4, 0.5) is 0 Å². The van der Waals surface area contributed by atoms with Crippen molar-refractivity contribution in [1.82, 2.24) is 4.90 Å². The summed E-state index contributed by atoms with van der Waals surface area (Å²) in [6.07, 6.45) is 1.43. The van der Waals surface area contributed by atoms with Crippen LogP contribution in [0.1, 0.15) is 17.5 Å². The van der Waals surface area contributed by atoms with Gasteiger partial charge in [-0.25, -0.2) is 0 Å². The van der Waals surface area contributed by atoms with Crippen LogP contribution in [-0.4, -0.2) is 23.8 Å². The summed E-state index contributed by atoms with van der Waals surface area (Å²) in [5.41, 5.74) is 8.33. The van der Waals surface area contributed by atoms with Crippen molar-refractivity contribution in [3.63, 3.8) is 0 Å². The molecule has 2 rings (SSSR count). The maximum atomic E-state index is 10.9. The standard InChI is InChI=1S/C18H22N2O/c19-13-18(11-12-21)20(14-16-7-3-1-4-8-16)15-17-9-5-2-6-10-17/h1-10,12,18H,11,13-15,19H2. The van der Waals surface area contributed by atoms with Gasteiger partial charge in [0.1, 0.15) is 6.29 Å². The highest BCUT2D eigenvalue weighted by molar-refractivity contribution is 5.50. The number of hydrogen-bond acceptors (Lipinski definition) is 3. The lowest BCUT2D eigenvalue weighted by Crippen LogP contribution is -2.40.